The van der Waals surface area contributed by atoms with E-state index in [4.69, 9.17) is 0 Å². The Bertz CT molecular complexity index is 935. The maximum Gasteiger partial charge on any atom is 0.416 e. The van der Waals surface area contributed by atoms with E-state index in [0.717, 1.165) is 17.7 Å². The van der Waals surface area contributed by atoms with Crippen molar-refractivity contribution in [3.05, 3.63) is 41.7 Å². The molecule has 0 atom stereocenters. The molecule has 3 N–H and O–H groups in total. The highest BCUT2D eigenvalue weighted by Crippen LogP contribution is 2.32. The molecule has 150 valence electrons. The van der Waals surface area contributed by atoms with Crippen LogP contribution in [0.15, 0.2) is 30.6 Å². The Morgan fingerprint density at radius 3 is 2.25 bits per heavy atom. The Morgan fingerprint density at radius 2 is 1.71 bits per heavy atom. The lowest BCUT2D eigenvalue weighted by molar-refractivity contribution is -0.146. The van der Waals surface area contributed by atoms with Crippen molar-refractivity contribution in [1.82, 2.24) is 9.78 Å². The van der Waals surface area contributed by atoms with Crippen molar-refractivity contribution in [3.8, 4) is 0 Å². The quantitative estimate of drug-likeness (QED) is 0.717. The van der Waals surface area contributed by atoms with Crippen LogP contribution in [-0.4, -0.2) is 32.7 Å². The predicted octanol–water partition coefficient (Wildman–Crippen LogP) is 2.93. The third kappa shape index (κ3) is 4.67. The minimum Gasteiger partial charge on any atom is -0.479 e. The molecule has 2 rings (SSSR count). The third-order valence-electron chi connectivity index (χ3n) is 3.78. The number of carbonyl (C=O) groups is 3. The van der Waals surface area contributed by atoms with E-state index in [1.807, 2.05) is 0 Å². The van der Waals surface area contributed by atoms with Gasteiger partial charge in [-0.25, -0.2) is 4.79 Å². The van der Waals surface area contributed by atoms with Gasteiger partial charge >= 0.3 is 12.1 Å². The van der Waals surface area contributed by atoms with Gasteiger partial charge in [0.1, 0.15) is 0 Å². The Hall–Kier alpha value is -3.37. The van der Waals surface area contributed by atoms with Gasteiger partial charge in [0, 0.05) is 24.4 Å². The van der Waals surface area contributed by atoms with Gasteiger partial charge in [0.05, 0.1) is 17.4 Å². The van der Waals surface area contributed by atoms with E-state index >= 15 is 0 Å². The SMILES string of the molecule is CC(=O)Nc1cc(C(=O)Nc2cnn(C(C)(C)C(=O)O)c2)cc(C(F)(F)F)c1. The van der Waals surface area contributed by atoms with Crippen LogP contribution in [0.4, 0.5) is 24.5 Å². The highest BCUT2D eigenvalue weighted by molar-refractivity contribution is 6.05. The number of alkyl halides is 3. The Kier molecular flexibility index (Phi) is 5.48. The molecule has 0 saturated heterocycles. The first-order valence-corrected chi connectivity index (χ1v) is 7.90. The van der Waals surface area contributed by atoms with Gasteiger partial charge in [0.2, 0.25) is 5.91 Å². The first-order valence-electron chi connectivity index (χ1n) is 7.90. The van der Waals surface area contributed by atoms with E-state index in [1.165, 1.54) is 26.2 Å². The van der Waals surface area contributed by atoms with Gasteiger partial charge < -0.3 is 15.7 Å². The summed E-state index contributed by atoms with van der Waals surface area (Å²) in [6.07, 6.45) is -2.31. The molecule has 0 fully saturated rings. The number of benzene rings is 1. The molecular weight excluding hydrogens is 381 g/mol. The number of carboxylic acids is 1. The largest absolute Gasteiger partial charge is 0.479 e. The number of aromatic nitrogens is 2. The average Bonchev–Trinajstić information content (AvgIpc) is 3.02. The second-order valence-corrected chi connectivity index (χ2v) is 6.47. The number of hydrogen-bond acceptors (Lipinski definition) is 4. The average molecular weight is 398 g/mol. The van der Waals surface area contributed by atoms with Gasteiger partial charge in [0.15, 0.2) is 5.54 Å². The van der Waals surface area contributed by atoms with E-state index in [1.54, 1.807) is 0 Å². The standard InChI is InChI=1S/C17H17F3N4O4/c1-9(25)22-12-5-10(4-11(6-12)17(18,19)20)14(26)23-13-7-21-24(8-13)16(2,3)15(27)28/h4-8H,1-3H3,(H,22,25)(H,23,26)(H,27,28). The summed E-state index contributed by atoms with van der Waals surface area (Å²) in [7, 11) is 0. The number of anilines is 2. The number of amides is 2. The monoisotopic (exact) mass is 398 g/mol. The van der Waals surface area contributed by atoms with Crippen LogP contribution < -0.4 is 10.6 Å². The molecular formula is C17H17F3N4O4. The molecule has 1 aromatic carbocycles. The summed E-state index contributed by atoms with van der Waals surface area (Å²) in [5.41, 5.74) is -2.93. The number of halogens is 3. The second kappa shape index (κ2) is 7.33. The summed E-state index contributed by atoms with van der Waals surface area (Å²) in [5.74, 6) is -2.64. The molecule has 1 heterocycles. The van der Waals surface area contributed by atoms with Gasteiger partial charge in [-0.3, -0.25) is 14.3 Å². The summed E-state index contributed by atoms with van der Waals surface area (Å²) in [6, 6.07) is 2.45. The zero-order valence-electron chi connectivity index (χ0n) is 15.1. The van der Waals surface area contributed by atoms with Crippen LogP contribution >= 0.6 is 0 Å². The number of aliphatic carboxylic acids is 1. The molecule has 0 radical (unpaired) electrons. The molecule has 0 unspecified atom stereocenters. The van der Waals surface area contributed by atoms with Crippen LogP contribution in [0, 0.1) is 0 Å². The van der Waals surface area contributed by atoms with Crippen LogP contribution in [0.1, 0.15) is 36.7 Å². The summed E-state index contributed by atoms with van der Waals surface area (Å²) in [5, 5.41) is 17.6. The molecule has 1 aromatic heterocycles. The van der Waals surface area contributed by atoms with Crippen molar-refractivity contribution in [3.63, 3.8) is 0 Å². The normalized spacial score (nSPS) is 11.8. The number of rotatable bonds is 5. The van der Waals surface area contributed by atoms with Gasteiger partial charge in [-0.1, -0.05) is 0 Å². The van der Waals surface area contributed by atoms with E-state index < -0.39 is 35.1 Å². The van der Waals surface area contributed by atoms with Crippen LogP contribution in [-0.2, 0) is 21.3 Å². The Balaban J connectivity index is 2.32. The number of nitrogens with zero attached hydrogens (tertiary/aromatic N) is 2. The highest BCUT2D eigenvalue weighted by Gasteiger charge is 2.32. The van der Waals surface area contributed by atoms with E-state index in [0.29, 0.717) is 12.1 Å². The summed E-state index contributed by atoms with van der Waals surface area (Å²) in [6.45, 7) is 3.90. The maximum absolute atomic E-state index is 13.1. The summed E-state index contributed by atoms with van der Waals surface area (Å²) < 4.78 is 40.3. The van der Waals surface area contributed by atoms with E-state index in [-0.39, 0.29) is 16.9 Å². The minimum atomic E-state index is -4.72. The lowest BCUT2D eigenvalue weighted by Crippen LogP contribution is -2.35. The smallest absolute Gasteiger partial charge is 0.416 e. The highest BCUT2D eigenvalue weighted by atomic mass is 19.4. The van der Waals surface area contributed by atoms with Gasteiger partial charge in [0.25, 0.3) is 5.91 Å². The molecule has 2 amide bonds. The molecule has 11 heteroatoms. The molecule has 0 saturated carbocycles. The van der Waals surface area contributed by atoms with Crippen molar-refractivity contribution in [2.45, 2.75) is 32.5 Å². The van der Waals surface area contributed by atoms with Crippen molar-refractivity contribution >= 4 is 29.2 Å². The molecule has 0 aliphatic rings. The lowest BCUT2D eigenvalue weighted by Gasteiger charge is -2.19. The molecule has 0 bridgehead atoms. The van der Waals surface area contributed by atoms with Crippen LogP contribution in [0.3, 0.4) is 0 Å². The van der Waals surface area contributed by atoms with Gasteiger partial charge in [-0.15, -0.1) is 0 Å². The first kappa shape index (κ1) is 20.9. The predicted molar refractivity (Wildman–Crippen MR) is 92.9 cm³/mol. The van der Waals surface area contributed by atoms with Crippen molar-refractivity contribution in [2.24, 2.45) is 0 Å². The zero-order valence-corrected chi connectivity index (χ0v) is 15.1. The van der Waals surface area contributed by atoms with Crippen LogP contribution in [0.5, 0.6) is 0 Å². The molecule has 0 aliphatic carbocycles. The summed E-state index contributed by atoms with van der Waals surface area (Å²) >= 11 is 0. The van der Waals surface area contributed by atoms with Gasteiger partial charge in [-0.2, -0.15) is 18.3 Å². The number of hydrogen-bond donors (Lipinski definition) is 3. The van der Waals surface area contributed by atoms with Crippen molar-refractivity contribution in [1.29, 1.82) is 0 Å². The zero-order chi connectivity index (χ0) is 21.3. The molecule has 8 nitrogen and oxygen atoms in total. The van der Waals surface area contributed by atoms with Gasteiger partial charge in [-0.05, 0) is 32.0 Å². The third-order valence-corrected chi connectivity index (χ3v) is 3.78. The fourth-order valence-corrected chi connectivity index (χ4v) is 2.19. The first-order chi connectivity index (χ1) is 12.8. The van der Waals surface area contributed by atoms with Crippen molar-refractivity contribution < 1.29 is 32.7 Å². The lowest BCUT2D eigenvalue weighted by atomic mass is 10.1. The Labute approximate surface area is 157 Å². The molecule has 28 heavy (non-hydrogen) atoms. The van der Waals surface area contributed by atoms with E-state index in [9.17, 15) is 32.7 Å². The number of carbonyl (C=O) groups excluding carboxylic acids is 2. The molecule has 0 spiro atoms. The number of carboxylic acid groups (broad SMARTS) is 1. The Morgan fingerprint density at radius 1 is 1.07 bits per heavy atom. The minimum absolute atomic E-state index is 0.0952. The molecule has 0 aliphatic heterocycles. The van der Waals surface area contributed by atoms with Crippen LogP contribution in [0.2, 0.25) is 0 Å². The fourth-order valence-electron chi connectivity index (χ4n) is 2.19. The number of nitrogens with one attached hydrogen (secondary N) is 2. The summed E-state index contributed by atoms with van der Waals surface area (Å²) in [4.78, 5) is 34.8. The molecule has 2 aromatic rings. The van der Waals surface area contributed by atoms with Crippen LogP contribution in [0.25, 0.3) is 0 Å². The van der Waals surface area contributed by atoms with Crippen molar-refractivity contribution in [2.75, 3.05) is 10.6 Å². The topological polar surface area (TPSA) is 113 Å². The maximum atomic E-state index is 13.1. The fraction of sp³-hybridized carbons (Fsp3) is 0.294. The van der Waals surface area contributed by atoms with E-state index in [2.05, 4.69) is 15.7 Å². The second-order valence-electron chi connectivity index (χ2n) is 6.47.